The van der Waals surface area contributed by atoms with E-state index in [-0.39, 0.29) is 23.3 Å². The van der Waals surface area contributed by atoms with E-state index < -0.39 is 6.36 Å². The highest BCUT2D eigenvalue weighted by molar-refractivity contribution is 5.93. The van der Waals surface area contributed by atoms with E-state index in [1.54, 1.807) is 21.9 Å². The average Bonchev–Trinajstić information content (AvgIpc) is 2.72. The van der Waals surface area contributed by atoms with Crippen molar-refractivity contribution in [3.05, 3.63) is 65.7 Å². The van der Waals surface area contributed by atoms with Crippen LogP contribution in [0.2, 0.25) is 0 Å². The largest absolute Gasteiger partial charge is 0.573 e. The van der Waals surface area contributed by atoms with Gasteiger partial charge in [-0.15, -0.1) is 13.2 Å². The molecule has 0 radical (unpaired) electrons. The zero-order chi connectivity index (χ0) is 22.4. The summed E-state index contributed by atoms with van der Waals surface area (Å²) >= 11 is 0. The summed E-state index contributed by atoms with van der Waals surface area (Å²) in [6, 6.07) is 12.8. The molecule has 1 aliphatic rings. The molecule has 2 aromatic rings. The Kier molecular flexibility index (Phi) is 6.84. The fraction of sp³-hybridized carbons (Fsp3) is 0.273. The van der Waals surface area contributed by atoms with Gasteiger partial charge in [0.05, 0.1) is 0 Å². The maximum absolute atomic E-state index is 12.5. The first-order chi connectivity index (χ1) is 14.7. The molecule has 0 unspecified atom stereocenters. The van der Waals surface area contributed by atoms with Crippen molar-refractivity contribution in [1.82, 2.24) is 9.80 Å². The van der Waals surface area contributed by atoms with E-state index in [4.69, 9.17) is 0 Å². The molecular formula is C22H22F3N3O3. The number of carbonyl (C=O) groups excluding carboxylic acids is 2. The molecule has 1 saturated heterocycles. The van der Waals surface area contributed by atoms with Gasteiger partial charge < -0.3 is 19.9 Å². The predicted molar refractivity (Wildman–Crippen MR) is 111 cm³/mol. The van der Waals surface area contributed by atoms with Crippen LogP contribution >= 0.6 is 0 Å². The number of amides is 3. The van der Waals surface area contributed by atoms with Crippen molar-refractivity contribution in [1.29, 1.82) is 0 Å². The van der Waals surface area contributed by atoms with E-state index in [0.29, 0.717) is 31.9 Å². The van der Waals surface area contributed by atoms with Crippen molar-refractivity contribution in [3.63, 3.8) is 0 Å². The van der Waals surface area contributed by atoms with Gasteiger partial charge in [-0.05, 0) is 36.8 Å². The lowest BCUT2D eigenvalue weighted by Gasteiger charge is -2.34. The molecule has 0 atom stereocenters. The molecule has 0 spiro atoms. The number of hydrogen-bond donors (Lipinski definition) is 1. The minimum Gasteiger partial charge on any atom is -0.405 e. The molecule has 0 bridgehead atoms. The van der Waals surface area contributed by atoms with Crippen molar-refractivity contribution < 1.29 is 27.5 Å². The van der Waals surface area contributed by atoms with E-state index in [0.717, 1.165) is 5.56 Å². The van der Waals surface area contributed by atoms with Crippen LogP contribution in [-0.2, 0) is 4.79 Å². The molecule has 164 valence electrons. The monoisotopic (exact) mass is 433 g/mol. The molecule has 3 rings (SSSR count). The Bertz CT molecular complexity index is 968. The Labute approximate surface area is 177 Å². The van der Waals surface area contributed by atoms with Crippen LogP contribution in [0.15, 0.2) is 54.6 Å². The Hall–Kier alpha value is -3.49. The third-order valence-electron chi connectivity index (χ3n) is 4.70. The van der Waals surface area contributed by atoms with Gasteiger partial charge in [0.25, 0.3) is 0 Å². The number of aryl methyl sites for hydroxylation is 1. The van der Waals surface area contributed by atoms with Gasteiger partial charge in [0.1, 0.15) is 5.75 Å². The second kappa shape index (κ2) is 9.55. The molecule has 1 fully saturated rings. The third-order valence-corrected chi connectivity index (χ3v) is 4.70. The van der Waals surface area contributed by atoms with Gasteiger partial charge in [-0.2, -0.15) is 0 Å². The highest BCUT2D eigenvalue weighted by atomic mass is 19.4. The molecule has 31 heavy (non-hydrogen) atoms. The molecule has 2 aromatic carbocycles. The number of carbonyl (C=O) groups is 2. The Morgan fingerprint density at radius 3 is 2.35 bits per heavy atom. The van der Waals surface area contributed by atoms with E-state index >= 15 is 0 Å². The number of nitrogens with zero attached hydrogens (tertiary/aromatic N) is 2. The number of piperazine rings is 1. The van der Waals surface area contributed by atoms with Gasteiger partial charge in [-0.1, -0.05) is 30.3 Å². The number of para-hydroxylation sites is 1. The topological polar surface area (TPSA) is 61.9 Å². The molecule has 0 aliphatic carbocycles. The summed E-state index contributed by atoms with van der Waals surface area (Å²) in [5.74, 6) is -0.725. The van der Waals surface area contributed by atoms with Crippen molar-refractivity contribution in [2.75, 3.05) is 31.5 Å². The summed E-state index contributed by atoms with van der Waals surface area (Å²) in [6.07, 6.45) is -2.31. The summed E-state index contributed by atoms with van der Waals surface area (Å²) in [6.45, 7) is 3.29. The van der Waals surface area contributed by atoms with E-state index in [1.807, 2.05) is 25.1 Å². The first-order valence-corrected chi connectivity index (χ1v) is 9.65. The Morgan fingerprint density at radius 2 is 1.68 bits per heavy atom. The summed E-state index contributed by atoms with van der Waals surface area (Å²) in [5, 5.41) is 2.83. The van der Waals surface area contributed by atoms with Crippen LogP contribution in [0.1, 0.15) is 11.1 Å². The van der Waals surface area contributed by atoms with Crippen LogP contribution < -0.4 is 10.1 Å². The molecule has 1 aliphatic heterocycles. The van der Waals surface area contributed by atoms with Crippen LogP contribution in [0.5, 0.6) is 5.75 Å². The molecule has 0 aromatic heterocycles. The number of urea groups is 1. The molecule has 9 heteroatoms. The lowest BCUT2D eigenvalue weighted by Crippen LogP contribution is -2.51. The smallest absolute Gasteiger partial charge is 0.405 e. The summed E-state index contributed by atoms with van der Waals surface area (Å²) in [4.78, 5) is 28.0. The van der Waals surface area contributed by atoms with Gasteiger partial charge in [-0.3, -0.25) is 4.79 Å². The van der Waals surface area contributed by atoms with Crippen LogP contribution in [0, 0.1) is 6.92 Å². The lowest BCUT2D eigenvalue weighted by atomic mass is 10.2. The van der Waals surface area contributed by atoms with E-state index in [2.05, 4.69) is 10.1 Å². The number of halogens is 3. The lowest BCUT2D eigenvalue weighted by molar-refractivity contribution is -0.274. The van der Waals surface area contributed by atoms with Gasteiger partial charge in [0.2, 0.25) is 5.91 Å². The zero-order valence-electron chi connectivity index (χ0n) is 16.9. The quantitative estimate of drug-likeness (QED) is 0.732. The molecular weight excluding hydrogens is 411 g/mol. The maximum atomic E-state index is 12.5. The number of ether oxygens (including phenoxy) is 1. The number of nitrogens with one attached hydrogen (secondary N) is 1. The highest BCUT2D eigenvalue weighted by Crippen LogP contribution is 2.27. The first kappa shape index (κ1) is 22.2. The second-order valence-electron chi connectivity index (χ2n) is 7.03. The molecule has 1 N–H and O–H groups in total. The molecule has 0 saturated carbocycles. The minimum absolute atomic E-state index is 0.143. The first-order valence-electron chi connectivity index (χ1n) is 9.65. The van der Waals surface area contributed by atoms with Crippen LogP contribution in [0.3, 0.4) is 0 Å². The summed E-state index contributed by atoms with van der Waals surface area (Å²) in [5.41, 5.74) is 1.87. The minimum atomic E-state index is -4.82. The Morgan fingerprint density at radius 1 is 1.00 bits per heavy atom. The fourth-order valence-electron chi connectivity index (χ4n) is 3.16. The second-order valence-corrected chi connectivity index (χ2v) is 7.03. The van der Waals surface area contributed by atoms with E-state index in [9.17, 15) is 22.8 Å². The van der Waals surface area contributed by atoms with Crippen molar-refractivity contribution >= 4 is 23.7 Å². The summed E-state index contributed by atoms with van der Waals surface area (Å²) < 4.78 is 41.5. The summed E-state index contributed by atoms with van der Waals surface area (Å²) in [7, 11) is 0. The number of rotatable bonds is 4. The van der Waals surface area contributed by atoms with Gasteiger partial charge in [0.15, 0.2) is 0 Å². The average molecular weight is 433 g/mol. The normalized spacial score (nSPS) is 14.6. The number of anilines is 1. The standard InChI is InChI=1S/C22H22F3N3O3/c1-16-5-4-7-18(15-16)26-21(30)28-13-11-27(12-14-28)20(29)10-9-17-6-2-3-8-19(17)31-22(23,24)25/h2-10,15H,11-14H2,1H3,(H,26,30)/b10-9+. The van der Waals surface area contributed by atoms with Crippen LogP contribution in [0.4, 0.5) is 23.7 Å². The van der Waals surface area contributed by atoms with Crippen molar-refractivity contribution in [2.45, 2.75) is 13.3 Å². The third kappa shape index (κ3) is 6.50. The van der Waals surface area contributed by atoms with Gasteiger partial charge >= 0.3 is 12.4 Å². The van der Waals surface area contributed by atoms with Crippen LogP contribution in [-0.4, -0.2) is 54.3 Å². The maximum Gasteiger partial charge on any atom is 0.573 e. The number of alkyl halides is 3. The van der Waals surface area contributed by atoms with Gasteiger partial charge in [-0.25, -0.2) is 4.79 Å². The molecule has 3 amide bonds. The van der Waals surface area contributed by atoms with Crippen molar-refractivity contribution in [3.8, 4) is 5.75 Å². The van der Waals surface area contributed by atoms with Gasteiger partial charge in [0, 0.05) is 43.5 Å². The fourth-order valence-corrected chi connectivity index (χ4v) is 3.16. The Balaban J connectivity index is 1.54. The highest BCUT2D eigenvalue weighted by Gasteiger charge is 2.31. The van der Waals surface area contributed by atoms with Crippen LogP contribution in [0.25, 0.3) is 6.08 Å². The zero-order valence-corrected chi connectivity index (χ0v) is 16.9. The molecule has 1 heterocycles. The number of benzene rings is 2. The van der Waals surface area contributed by atoms with Crippen molar-refractivity contribution in [2.24, 2.45) is 0 Å². The van der Waals surface area contributed by atoms with E-state index in [1.165, 1.54) is 30.4 Å². The predicted octanol–water partition coefficient (Wildman–Crippen LogP) is 4.28. The number of hydrogen-bond acceptors (Lipinski definition) is 3. The SMILES string of the molecule is Cc1cccc(NC(=O)N2CCN(C(=O)/C=C/c3ccccc3OC(F)(F)F)CC2)c1. The molecule has 6 nitrogen and oxygen atoms in total.